The molecular formula is C37H43N3O4S. The summed E-state index contributed by atoms with van der Waals surface area (Å²) in [6.45, 7) is 2.85. The molecule has 236 valence electrons. The van der Waals surface area contributed by atoms with Gasteiger partial charge in [-0.3, -0.25) is 4.79 Å². The molecule has 2 bridgehead atoms. The molecule has 0 aliphatic heterocycles. The molecule has 8 heteroatoms. The largest absolute Gasteiger partial charge is 0.496 e. The summed E-state index contributed by atoms with van der Waals surface area (Å²) in [4.78, 5) is 32.6. The van der Waals surface area contributed by atoms with Crippen LogP contribution in [0.4, 0.5) is 10.5 Å². The lowest BCUT2D eigenvalue weighted by Gasteiger charge is -2.55. The number of nitrogens with zero attached hydrogens (tertiary/aromatic N) is 2. The van der Waals surface area contributed by atoms with Crippen molar-refractivity contribution in [1.82, 2.24) is 10.3 Å². The minimum absolute atomic E-state index is 0.0930. The van der Waals surface area contributed by atoms with Crippen LogP contribution in [0.1, 0.15) is 85.9 Å². The van der Waals surface area contributed by atoms with Gasteiger partial charge in [-0.1, -0.05) is 24.1 Å². The minimum Gasteiger partial charge on any atom is -0.496 e. The van der Waals surface area contributed by atoms with Crippen molar-refractivity contribution in [3.63, 3.8) is 0 Å². The monoisotopic (exact) mass is 625 g/mol. The molecule has 3 aromatic rings. The first-order chi connectivity index (χ1) is 21.8. The summed E-state index contributed by atoms with van der Waals surface area (Å²) in [5, 5.41) is 5.24. The summed E-state index contributed by atoms with van der Waals surface area (Å²) in [6, 6.07) is 14.8. The summed E-state index contributed by atoms with van der Waals surface area (Å²) >= 11 is 1.52. The van der Waals surface area contributed by atoms with Gasteiger partial charge in [-0.25, -0.2) is 9.78 Å². The smallest absolute Gasteiger partial charge is 0.407 e. The van der Waals surface area contributed by atoms with Crippen molar-refractivity contribution < 1.29 is 19.1 Å². The van der Waals surface area contributed by atoms with Crippen LogP contribution in [0.25, 0.3) is 0 Å². The Morgan fingerprint density at radius 3 is 2.42 bits per heavy atom. The second-order valence-corrected chi connectivity index (χ2v) is 14.1. The van der Waals surface area contributed by atoms with Gasteiger partial charge in [0.25, 0.3) is 0 Å². The fourth-order valence-electron chi connectivity index (χ4n) is 7.79. The number of carbonyl (C=O) groups excluding carboxylic acids is 2. The maximum Gasteiger partial charge on any atom is 0.407 e. The highest BCUT2D eigenvalue weighted by Gasteiger charge is 2.50. The Kier molecular flexibility index (Phi) is 9.18. The number of ether oxygens (including phenoxy) is 2. The predicted octanol–water partition coefficient (Wildman–Crippen LogP) is 7.40. The van der Waals surface area contributed by atoms with Crippen molar-refractivity contribution in [2.75, 3.05) is 25.6 Å². The van der Waals surface area contributed by atoms with Gasteiger partial charge in [0.05, 0.1) is 7.11 Å². The zero-order valence-electron chi connectivity index (χ0n) is 26.6. The van der Waals surface area contributed by atoms with Gasteiger partial charge < -0.3 is 19.7 Å². The summed E-state index contributed by atoms with van der Waals surface area (Å²) in [5.74, 6) is 7.45. The van der Waals surface area contributed by atoms with E-state index < -0.39 is 6.09 Å². The average molecular weight is 626 g/mol. The number of aromatic nitrogens is 1. The molecule has 1 N–H and O–H groups in total. The van der Waals surface area contributed by atoms with Crippen LogP contribution in [0, 0.1) is 30.1 Å². The molecule has 2 aromatic carbocycles. The fraction of sp³-hybridized carbons (Fsp3) is 0.486. The molecule has 0 saturated heterocycles. The Morgan fingerprint density at radius 2 is 1.78 bits per heavy atom. The number of rotatable bonds is 7. The Balaban J connectivity index is 1.23. The second kappa shape index (κ2) is 13.3. The van der Waals surface area contributed by atoms with Crippen molar-refractivity contribution in [1.29, 1.82) is 0 Å². The average Bonchev–Trinajstić information content (AvgIpc) is 3.61. The van der Waals surface area contributed by atoms with Gasteiger partial charge in [-0.15, -0.1) is 11.3 Å². The van der Waals surface area contributed by atoms with Crippen LogP contribution >= 0.6 is 11.3 Å². The van der Waals surface area contributed by atoms with Gasteiger partial charge in [0.1, 0.15) is 11.9 Å². The number of aryl methyl sites for hydroxylation is 1. The van der Waals surface area contributed by atoms with Crippen molar-refractivity contribution in [3.05, 3.63) is 75.7 Å². The summed E-state index contributed by atoms with van der Waals surface area (Å²) in [7, 11) is 3.30. The van der Waals surface area contributed by atoms with E-state index in [1.807, 2.05) is 17.5 Å². The number of nitrogens with one attached hydrogen (secondary N) is 1. The van der Waals surface area contributed by atoms with Gasteiger partial charge in [0.2, 0.25) is 5.91 Å². The van der Waals surface area contributed by atoms with Crippen molar-refractivity contribution in [2.24, 2.45) is 11.3 Å². The zero-order valence-corrected chi connectivity index (χ0v) is 27.4. The Bertz CT molecular complexity index is 1560. The SMILES string of the molecule is CNC(=O)O[C@H]1CC[C@H](C(=O)N(CC23CCC(c4ccc(OC)c(C)c4)(CC2)CC3)c2cccc(C#Cc3nccs3)c2)CC1. The third kappa shape index (κ3) is 6.74. The van der Waals surface area contributed by atoms with Gasteiger partial charge in [-0.2, -0.15) is 0 Å². The summed E-state index contributed by atoms with van der Waals surface area (Å²) in [6.07, 6.45) is 10.8. The highest BCUT2D eigenvalue weighted by atomic mass is 32.1. The molecule has 4 aliphatic carbocycles. The molecule has 1 heterocycles. The fourth-order valence-corrected chi connectivity index (χ4v) is 8.28. The van der Waals surface area contributed by atoms with Gasteiger partial charge in [0, 0.05) is 42.3 Å². The third-order valence-corrected chi connectivity index (χ3v) is 11.3. The van der Waals surface area contributed by atoms with Crippen LogP contribution in [0.2, 0.25) is 0 Å². The summed E-state index contributed by atoms with van der Waals surface area (Å²) in [5.41, 5.74) is 4.73. The molecule has 1 aromatic heterocycles. The molecule has 2 amide bonds. The highest BCUT2D eigenvalue weighted by Crippen LogP contribution is 2.58. The standard InChI is InChI=1S/C37H43N3O4S/c1-26-23-29(10-13-32(26)43-3)37-18-15-36(16-19-37,17-20-37)25-40(34(41)28-8-11-31(12-9-28)44-35(42)38-2)30-6-4-5-27(24-30)7-14-33-39-21-22-45-33/h4-6,10,13,21-24,28,31H,8-9,11-12,15-20,25H2,1-3H3,(H,38,42)/t28-,31-,36?,37?. The normalized spacial score (nSPS) is 25.5. The first-order valence-corrected chi connectivity index (χ1v) is 17.1. The molecule has 4 aliphatic rings. The van der Waals surface area contributed by atoms with Crippen LogP contribution in [0.3, 0.4) is 0 Å². The number of hydrogen-bond donors (Lipinski definition) is 1. The van der Waals surface area contributed by atoms with Crippen molar-refractivity contribution in [3.8, 4) is 17.6 Å². The van der Waals surface area contributed by atoms with Crippen molar-refractivity contribution >= 4 is 29.0 Å². The number of alkyl carbamates (subject to hydrolysis) is 1. The molecule has 7 rings (SSSR count). The van der Waals surface area contributed by atoms with Crippen LogP contribution in [-0.2, 0) is 14.9 Å². The molecule has 0 radical (unpaired) electrons. The third-order valence-electron chi connectivity index (χ3n) is 10.6. The number of hydrogen-bond acceptors (Lipinski definition) is 6. The van der Waals surface area contributed by atoms with Crippen LogP contribution < -0.4 is 15.0 Å². The molecule has 0 spiro atoms. The van der Waals surface area contributed by atoms with E-state index in [4.69, 9.17) is 9.47 Å². The van der Waals surface area contributed by atoms with E-state index in [1.54, 1.807) is 20.4 Å². The predicted molar refractivity (Wildman–Crippen MR) is 178 cm³/mol. The van der Waals surface area contributed by atoms with E-state index >= 15 is 0 Å². The number of methoxy groups -OCH3 is 1. The number of benzene rings is 2. The van der Waals surface area contributed by atoms with Crippen LogP contribution in [-0.4, -0.2) is 43.8 Å². The first kappa shape index (κ1) is 31.2. The van der Waals surface area contributed by atoms with Gasteiger partial charge in [-0.05, 0) is 123 Å². The Labute approximate surface area is 270 Å². The molecule has 0 unspecified atom stereocenters. The van der Waals surface area contributed by atoms with Crippen molar-refractivity contribution in [2.45, 2.75) is 82.7 Å². The molecule has 4 saturated carbocycles. The van der Waals surface area contributed by atoms with Crippen LogP contribution in [0.5, 0.6) is 5.75 Å². The second-order valence-electron chi connectivity index (χ2n) is 13.2. The van der Waals surface area contributed by atoms with Gasteiger partial charge >= 0.3 is 6.09 Å². The highest BCUT2D eigenvalue weighted by molar-refractivity contribution is 7.10. The lowest BCUT2D eigenvalue weighted by molar-refractivity contribution is -0.124. The zero-order chi connectivity index (χ0) is 31.4. The Morgan fingerprint density at radius 1 is 1.02 bits per heavy atom. The minimum atomic E-state index is -0.406. The lowest BCUT2D eigenvalue weighted by Crippen LogP contribution is -2.51. The Hall–Kier alpha value is -3.83. The number of carbonyl (C=O) groups is 2. The molecule has 7 nitrogen and oxygen atoms in total. The van der Waals surface area contributed by atoms with Crippen LogP contribution in [0.15, 0.2) is 54.0 Å². The van der Waals surface area contributed by atoms with E-state index in [1.165, 1.54) is 22.5 Å². The number of anilines is 1. The number of fused-ring (bicyclic) bond motifs is 3. The molecule has 45 heavy (non-hydrogen) atoms. The quantitative estimate of drug-likeness (QED) is 0.277. The molecule has 0 atom stereocenters. The van der Waals surface area contributed by atoms with E-state index in [9.17, 15) is 9.59 Å². The van der Waals surface area contributed by atoms with E-state index in [-0.39, 0.29) is 28.8 Å². The van der Waals surface area contributed by atoms with E-state index in [0.717, 1.165) is 67.1 Å². The summed E-state index contributed by atoms with van der Waals surface area (Å²) < 4.78 is 11.0. The topological polar surface area (TPSA) is 80.8 Å². The number of thiazole rings is 1. The maximum atomic E-state index is 14.4. The van der Waals surface area contributed by atoms with E-state index in [2.05, 4.69) is 64.3 Å². The lowest BCUT2D eigenvalue weighted by atomic mass is 9.51. The molecule has 4 fully saturated rings. The molecular weight excluding hydrogens is 582 g/mol. The number of amides is 2. The van der Waals surface area contributed by atoms with E-state index in [0.29, 0.717) is 25.7 Å². The maximum absolute atomic E-state index is 14.4. The van der Waals surface area contributed by atoms with Gasteiger partial charge in [0.15, 0.2) is 5.01 Å². The first-order valence-electron chi connectivity index (χ1n) is 16.2.